The molecule has 2 aromatic rings. The summed E-state index contributed by atoms with van der Waals surface area (Å²) in [5, 5.41) is 20.2. The van der Waals surface area contributed by atoms with Crippen molar-refractivity contribution >= 4 is 11.9 Å². The van der Waals surface area contributed by atoms with Gasteiger partial charge in [-0.2, -0.15) is 0 Å². The highest BCUT2D eigenvalue weighted by Gasteiger charge is 2.23. The van der Waals surface area contributed by atoms with Gasteiger partial charge in [-0.1, -0.05) is 51.3 Å². The van der Waals surface area contributed by atoms with E-state index in [1.54, 1.807) is 13.8 Å². The average molecular weight is 541 g/mol. The van der Waals surface area contributed by atoms with Gasteiger partial charge in [0.2, 0.25) is 0 Å². The summed E-state index contributed by atoms with van der Waals surface area (Å²) >= 11 is 0. The van der Waals surface area contributed by atoms with Gasteiger partial charge in [0, 0.05) is 29.4 Å². The third-order valence-corrected chi connectivity index (χ3v) is 6.10. The summed E-state index contributed by atoms with van der Waals surface area (Å²) in [7, 11) is 0. The van der Waals surface area contributed by atoms with E-state index in [4.69, 9.17) is 18.9 Å². The van der Waals surface area contributed by atoms with Crippen molar-refractivity contribution in [3.63, 3.8) is 0 Å². The maximum atomic E-state index is 11.4. The number of ether oxygens (including phenoxy) is 4. The van der Waals surface area contributed by atoms with Crippen LogP contribution in [0.4, 0.5) is 0 Å². The SMILES string of the molecule is C=C(C)C(=O)OCCC(O)COc1ccc(C(C)(C)c2ccc(OCC(O)CCOC(=O)C(=C)C)cc2)cc1. The second-order valence-corrected chi connectivity index (χ2v) is 10.0. The van der Waals surface area contributed by atoms with Crippen LogP contribution in [0.1, 0.15) is 51.7 Å². The van der Waals surface area contributed by atoms with Crippen molar-refractivity contribution in [2.45, 2.75) is 58.2 Å². The zero-order chi connectivity index (χ0) is 29.0. The molecule has 0 amide bonds. The number of carbonyl (C=O) groups excluding carboxylic acids is 2. The van der Waals surface area contributed by atoms with Crippen molar-refractivity contribution < 1.29 is 38.7 Å². The van der Waals surface area contributed by atoms with Gasteiger partial charge < -0.3 is 29.2 Å². The molecule has 0 fully saturated rings. The lowest BCUT2D eigenvalue weighted by Crippen LogP contribution is -2.21. The summed E-state index contributed by atoms with van der Waals surface area (Å²) in [5.41, 5.74) is 2.50. The Labute approximate surface area is 230 Å². The van der Waals surface area contributed by atoms with E-state index in [1.807, 2.05) is 48.5 Å². The molecule has 8 heteroatoms. The molecule has 2 unspecified atom stereocenters. The Balaban J connectivity index is 1.82. The molecule has 212 valence electrons. The third-order valence-electron chi connectivity index (χ3n) is 6.10. The number of benzene rings is 2. The van der Waals surface area contributed by atoms with E-state index in [1.165, 1.54) is 0 Å². The van der Waals surface area contributed by atoms with Gasteiger partial charge in [-0.15, -0.1) is 0 Å². The summed E-state index contributed by atoms with van der Waals surface area (Å²) in [6.07, 6.45) is -0.985. The predicted molar refractivity (Wildman–Crippen MR) is 149 cm³/mol. The number of hydrogen-bond donors (Lipinski definition) is 2. The minimum Gasteiger partial charge on any atom is -0.491 e. The van der Waals surface area contributed by atoms with Gasteiger partial charge in [-0.25, -0.2) is 9.59 Å². The first-order valence-corrected chi connectivity index (χ1v) is 12.9. The molecule has 0 bridgehead atoms. The Morgan fingerprint density at radius 1 is 0.718 bits per heavy atom. The average Bonchev–Trinajstić information content (AvgIpc) is 2.91. The van der Waals surface area contributed by atoms with Gasteiger partial charge in [-0.05, 0) is 49.2 Å². The molecule has 0 spiro atoms. The minimum atomic E-state index is -0.764. The van der Waals surface area contributed by atoms with Gasteiger partial charge in [0.05, 0.1) is 25.4 Å². The molecular formula is C31H40O8. The number of esters is 2. The van der Waals surface area contributed by atoms with Crippen molar-refractivity contribution in [3.8, 4) is 11.5 Å². The van der Waals surface area contributed by atoms with Gasteiger partial charge >= 0.3 is 11.9 Å². The van der Waals surface area contributed by atoms with Crippen molar-refractivity contribution in [1.82, 2.24) is 0 Å². The van der Waals surface area contributed by atoms with Crippen LogP contribution in [0.15, 0.2) is 72.8 Å². The molecule has 0 heterocycles. The minimum absolute atomic E-state index is 0.0865. The molecule has 2 atom stereocenters. The fraction of sp³-hybridized carbons (Fsp3) is 0.419. The van der Waals surface area contributed by atoms with Gasteiger partial charge in [0.25, 0.3) is 0 Å². The Morgan fingerprint density at radius 3 is 1.36 bits per heavy atom. The zero-order valence-corrected chi connectivity index (χ0v) is 23.3. The lowest BCUT2D eigenvalue weighted by atomic mass is 9.78. The maximum Gasteiger partial charge on any atom is 0.333 e. The van der Waals surface area contributed by atoms with Gasteiger partial charge in [0.15, 0.2) is 0 Å². The first-order valence-electron chi connectivity index (χ1n) is 12.9. The quantitative estimate of drug-likeness (QED) is 0.236. The largest absolute Gasteiger partial charge is 0.491 e. The lowest BCUT2D eigenvalue weighted by Gasteiger charge is -2.26. The van der Waals surface area contributed by atoms with Crippen LogP contribution < -0.4 is 9.47 Å². The molecule has 0 saturated heterocycles. The number of hydrogen-bond acceptors (Lipinski definition) is 8. The van der Waals surface area contributed by atoms with E-state index >= 15 is 0 Å². The van der Waals surface area contributed by atoms with Crippen LogP contribution in [0.2, 0.25) is 0 Å². The topological polar surface area (TPSA) is 112 Å². The summed E-state index contributed by atoms with van der Waals surface area (Å²) in [5.74, 6) is 0.310. The Morgan fingerprint density at radius 2 is 1.05 bits per heavy atom. The highest BCUT2D eigenvalue weighted by molar-refractivity contribution is 5.87. The molecule has 2 rings (SSSR count). The van der Waals surface area contributed by atoms with Crippen LogP contribution >= 0.6 is 0 Å². The second-order valence-electron chi connectivity index (χ2n) is 10.0. The summed E-state index contributed by atoms with van der Waals surface area (Å²) in [4.78, 5) is 22.8. The number of aliphatic hydroxyl groups is 2. The Bertz CT molecular complexity index is 1010. The molecule has 0 aromatic heterocycles. The molecule has 0 aliphatic heterocycles. The number of aliphatic hydroxyl groups excluding tert-OH is 2. The molecule has 2 aromatic carbocycles. The molecule has 0 aliphatic rings. The fourth-order valence-electron chi connectivity index (χ4n) is 3.48. The van der Waals surface area contributed by atoms with E-state index in [0.717, 1.165) is 11.1 Å². The summed E-state index contributed by atoms with van der Waals surface area (Å²) in [6.45, 7) is 14.8. The molecule has 2 N–H and O–H groups in total. The fourth-order valence-corrected chi connectivity index (χ4v) is 3.48. The Kier molecular flexibility index (Phi) is 12.2. The van der Waals surface area contributed by atoms with Crippen molar-refractivity contribution in [1.29, 1.82) is 0 Å². The van der Waals surface area contributed by atoms with Crippen molar-refractivity contribution in [2.75, 3.05) is 26.4 Å². The monoisotopic (exact) mass is 540 g/mol. The maximum absolute atomic E-state index is 11.4. The van der Waals surface area contributed by atoms with Gasteiger partial charge in [0.1, 0.15) is 24.7 Å². The standard InChI is InChI=1S/C31H40O8/c1-21(2)29(34)36-17-15-25(32)19-38-27-11-7-23(8-12-27)31(5,6)24-9-13-28(14-10-24)39-20-26(33)16-18-37-30(35)22(3)4/h7-14,25-26,32-33H,1,3,15-20H2,2,4-6H3. The molecule has 8 nitrogen and oxygen atoms in total. The van der Waals surface area contributed by atoms with Crippen LogP contribution in [0, 0.1) is 0 Å². The smallest absolute Gasteiger partial charge is 0.333 e. The molecule has 0 aliphatic carbocycles. The molecular weight excluding hydrogens is 500 g/mol. The highest BCUT2D eigenvalue weighted by Crippen LogP contribution is 2.33. The highest BCUT2D eigenvalue weighted by atomic mass is 16.5. The molecule has 0 radical (unpaired) electrons. The Hall–Kier alpha value is -3.62. The lowest BCUT2D eigenvalue weighted by molar-refractivity contribution is -0.140. The second kappa shape index (κ2) is 15.1. The first kappa shape index (κ1) is 31.6. The van der Waals surface area contributed by atoms with Crippen molar-refractivity contribution in [2.24, 2.45) is 0 Å². The van der Waals surface area contributed by atoms with E-state index in [0.29, 0.717) is 22.6 Å². The van der Waals surface area contributed by atoms with E-state index in [9.17, 15) is 19.8 Å². The van der Waals surface area contributed by atoms with E-state index in [-0.39, 0.29) is 44.7 Å². The molecule has 0 saturated carbocycles. The predicted octanol–water partition coefficient (Wildman–Crippen LogP) is 4.51. The van der Waals surface area contributed by atoms with Crippen LogP contribution in [-0.2, 0) is 24.5 Å². The van der Waals surface area contributed by atoms with Gasteiger partial charge in [-0.3, -0.25) is 0 Å². The molecule has 39 heavy (non-hydrogen) atoms. The number of rotatable bonds is 16. The van der Waals surface area contributed by atoms with Crippen molar-refractivity contribution in [3.05, 3.63) is 84.0 Å². The van der Waals surface area contributed by atoms with Crippen LogP contribution in [-0.4, -0.2) is 60.8 Å². The van der Waals surface area contributed by atoms with E-state index in [2.05, 4.69) is 27.0 Å². The summed E-state index contributed by atoms with van der Waals surface area (Å²) in [6, 6.07) is 15.4. The number of carbonyl (C=O) groups is 2. The normalized spacial score (nSPS) is 12.7. The van der Waals surface area contributed by atoms with Crippen LogP contribution in [0.5, 0.6) is 11.5 Å². The van der Waals surface area contributed by atoms with E-state index < -0.39 is 24.1 Å². The zero-order valence-electron chi connectivity index (χ0n) is 23.3. The van der Waals surface area contributed by atoms with Crippen LogP contribution in [0.3, 0.4) is 0 Å². The third kappa shape index (κ3) is 10.6. The first-order chi connectivity index (χ1) is 18.4. The van der Waals surface area contributed by atoms with Crippen LogP contribution in [0.25, 0.3) is 0 Å². The summed E-state index contributed by atoms with van der Waals surface area (Å²) < 4.78 is 21.3.